The predicted octanol–water partition coefficient (Wildman–Crippen LogP) is 5.47. The molecule has 1 aliphatic heterocycles. The van der Waals surface area contributed by atoms with Gasteiger partial charge in [0.15, 0.2) is 22.1 Å². The topological polar surface area (TPSA) is 88.4 Å². The van der Waals surface area contributed by atoms with E-state index in [-0.39, 0.29) is 17.8 Å². The number of hydrogen-bond donors (Lipinski definition) is 0. The van der Waals surface area contributed by atoms with Crippen LogP contribution in [-0.4, -0.2) is 31.7 Å². The number of Topliss-reactive ketones (excluding diaryl/α,β-unsaturated/α-hetero) is 1. The number of benzene rings is 3. The zero-order valence-corrected chi connectivity index (χ0v) is 26.0. The first-order valence-electron chi connectivity index (χ1n) is 13.6. The van der Waals surface area contributed by atoms with Gasteiger partial charge < -0.3 is 18.9 Å². The van der Waals surface area contributed by atoms with Crippen LogP contribution in [0.15, 0.2) is 81.7 Å². The number of ketones is 1. The molecular formula is C33H31ClN2O6S. The fourth-order valence-electron chi connectivity index (χ4n) is 5.00. The Labute approximate surface area is 258 Å². The molecule has 8 nitrogen and oxygen atoms in total. The second-order valence-corrected chi connectivity index (χ2v) is 11.2. The smallest absolute Gasteiger partial charge is 0.271 e. The van der Waals surface area contributed by atoms with E-state index in [1.54, 1.807) is 30.5 Å². The van der Waals surface area contributed by atoms with Crippen LogP contribution in [0.5, 0.6) is 23.0 Å². The van der Waals surface area contributed by atoms with Gasteiger partial charge in [0, 0.05) is 22.7 Å². The van der Waals surface area contributed by atoms with Crippen molar-refractivity contribution in [2.45, 2.75) is 32.9 Å². The third kappa shape index (κ3) is 6.09. The van der Waals surface area contributed by atoms with Crippen molar-refractivity contribution in [3.63, 3.8) is 0 Å². The SMILES string of the molecule is CCC(=O)C1=C(C)N=c2s/c(=C\c3ccc(OCc4ccc(Cl)cc4)cc3)c(=O)n2C1c1cc(OC)c(OC)c(OC)c1. The maximum Gasteiger partial charge on any atom is 0.271 e. The van der Waals surface area contributed by atoms with Gasteiger partial charge in [0.25, 0.3) is 5.56 Å². The maximum absolute atomic E-state index is 14.0. The molecule has 3 aromatic carbocycles. The number of thiazole rings is 1. The first-order valence-corrected chi connectivity index (χ1v) is 14.8. The molecule has 0 fully saturated rings. The van der Waals surface area contributed by atoms with Gasteiger partial charge in [0.1, 0.15) is 12.4 Å². The van der Waals surface area contributed by atoms with Gasteiger partial charge in [-0.3, -0.25) is 14.2 Å². The highest BCUT2D eigenvalue weighted by atomic mass is 35.5. The van der Waals surface area contributed by atoms with Gasteiger partial charge >= 0.3 is 0 Å². The molecule has 1 atom stereocenters. The fourth-order valence-corrected chi connectivity index (χ4v) is 6.17. The van der Waals surface area contributed by atoms with E-state index in [1.165, 1.54) is 32.7 Å². The van der Waals surface area contributed by atoms with Gasteiger partial charge in [0.2, 0.25) is 5.75 Å². The lowest BCUT2D eigenvalue weighted by atomic mass is 9.91. The number of carbonyl (C=O) groups excluding carboxylic acids is 1. The molecule has 2 heterocycles. The number of fused-ring (bicyclic) bond motifs is 1. The number of rotatable bonds is 10. The van der Waals surface area contributed by atoms with Gasteiger partial charge in [-0.05, 0) is 66.1 Å². The zero-order valence-electron chi connectivity index (χ0n) is 24.5. The molecule has 4 aromatic rings. The number of aromatic nitrogens is 1. The largest absolute Gasteiger partial charge is 0.493 e. The summed E-state index contributed by atoms with van der Waals surface area (Å²) in [5.74, 6) is 1.88. The summed E-state index contributed by atoms with van der Waals surface area (Å²) in [5.41, 5.74) is 3.26. The number of methoxy groups -OCH3 is 3. The van der Waals surface area contributed by atoms with E-state index < -0.39 is 6.04 Å². The Morgan fingerprint density at radius 3 is 2.23 bits per heavy atom. The molecule has 1 aromatic heterocycles. The van der Waals surface area contributed by atoms with Crippen LogP contribution in [0.25, 0.3) is 6.08 Å². The van der Waals surface area contributed by atoms with E-state index in [0.29, 0.717) is 60.8 Å². The summed E-state index contributed by atoms with van der Waals surface area (Å²) in [5, 5.41) is 0.677. The third-order valence-electron chi connectivity index (χ3n) is 7.14. The highest BCUT2D eigenvalue weighted by Gasteiger charge is 2.33. The van der Waals surface area contributed by atoms with E-state index in [1.807, 2.05) is 54.6 Å². The summed E-state index contributed by atoms with van der Waals surface area (Å²) in [4.78, 5) is 32.4. The molecule has 0 N–H and O–H groups in total. The molecule has 0 saturated heterocycles. The predicted molar refractivity (Wildman–Crippen MR) is 167 cm³/mol. The van der Waals surface area contributed by atoms with Crippen molar-refractivity contribution in [3.8, 4) is 23.0 Å². The molecule has 0 amide bonds. The van der Waals surface area contributed by atoms with Crippen molar-refractivity contribution in [2.75, 3.05) is 21.3 Å². The van der Waals surface area contributed by atoms with Crippen LogP contribution in [0.3, 0.4) is 0 Å². The van der Waals surface area contributed by atoms with Crippen LogP contribution in [0, 0.1) is 0 Å². The molecule has 0 bridgehead atoms. The molecule has 43 heavy (non-hydrogen) atoms. The molecule has 0 aliphatic carbocycles. The lowest BCUT2D eigenvalue weighted by Crippen LogP contribution is -2.39. The maximum atomic E-state index is 14.0. The van der Waals surface area contributed by atoms with Gasteiger partial charge in [-0.15, -0.1) is 0 Å². The fraction of sp³-hybridized carbons (Fsp3) is 0.242. The Balaban J connectivity index is 1.55. The summed E-state index contributed by atoms with van der Waals surface area (Å²) >= 11 is 7.24. The molecule has 0 saturated carbocycles. The number of hydrogen-bond acceptors (Lipinski definition) is 8. The Kier molecular flexibility index (Phi) is 9.03. The van der Waals surface area contributed by atoms with Gasteiger partial charge in [-0.1, -0.05) is 54.1 Å². The van der Waals surface area contributed by atoms with Crippen molar-refractivity contribution in [3.05, 3.63) is 113 Å². The molecule has 1 unspecified atom stereocenters. The molecule has 5 rings (SSSR count). The van der Waals surface area contributed by atoms with E-state index in [9.17, 15) is 9.59 Å². The lowest BCUT2D eigenvalue weighted by molar-refractivity contribution is -0.115. The molecule has 0 spiro atoms. The highest BCUT2D eigenvalue weighted by molar-refractivity contribution is 7.07. The average molecular weight is 619 g/mol. The van der Waals surface area contributed by atoms with Crippen LogP contribution >= 0.6 is 22.9 Å². The number of ether oxygens (including phenoxy) is 4. The summed E-state index contributed by atoms with van der Waals surface area (Å²) in [7, 11) is 4.58. The molecule has 222 valence electrons. The van der Waals surface area contributed by atoms with E-state index in [2.05, 4.69) is 0 Å². The van der Waals surface area contributed by atoms with Crippen LogP contribution in [0.2, 0.25) is 5.02 Å². The van der Waals surface area contributed by atoms with E-state index in [4.69, 9.17) is 35.5 Å². The van der Waals surface area contributed by atoms with E-state index in [0.717, 1.165) is 11.1 Å². The van der Waals surface area contributed by atoms with Gasteiger partial charge in [-0.25, -0.2) is 4.99 Å². The van der Waals surface area contributed by atoms with Crippen molar-refractivity contribution >= 4 is 34.8 Å². The van der Waals surface area contributed by atoms with Crippen molar-refractivity contribution in [1.82, 2.24) is 4.57 Å². The summed E-state index contributed by atoms with van der Waals surface area (Å²) in [6.45, 7) is 4.00. The summed E-state index contributed by atoms with van der Waals surface area (Å²) in [6.07, 6.45) is 2.09. The third-order valence-corrected chi connectivity index (χ3v) is 8.38. The number of halogens is 1. The van der Waals surface area contributed by atoms with Crippen LogP contribution in [-0.2, 0) is 11.4 Å². The van der Waals surface area contributed by atoms with Gasteiger partial charge in [0.05, 0.1) is 31.9 Å². The standard InChI is InChI=1S/C33H31ClN2O6S/c1-6-25(37)29-19(2)35-33-36(30(29)22-16-26(39-3)31(41-5)27(17-22)40-4)32(38)28(43-33)15-20-9-13-24(14-10-20)42-18-21-7-11-23(34)12-8-21/h7-17,30H,6,18H2,1-5H3/b28-15-. The Hall–Kier alpha value is -4.34. The second-order valence-electron chi connectivity index (χ2n) is 9.80. The highest BCUT2D eigenvalue weighted by Crippen LogP contribution is 2.42. The van der Waals surface area contributed by atoms with E-state index >= 15 is 0 Å². The van der Waals surface area contributed by atoms with Crippen LogP contribution in [0.4, 0.5) is 0 Å². The monoisotopic (exact) mass is 618 g/mol. The molecule has 10 heteroatoms. The Morgan fingerprint density at radius 2 is 1.65 bits per heavy atom. The first kappa shape index (κ1) is 30.1. The normalized spacial score (nSPS) is 14.7. The Morgan fingerprint density at radius 1 is 1.00 bits per heavy atom. The average Bonchev–Trinajstić information content (AvgIpc) is 3.33. The Bertz CT molecular complexity index is 1850. The van der Waals surface area contributed by atoms with Crippen molar-refractivity contribution < 1.29 is 23.7 Å². The zero-order chi connectivity index (χ0) is 30.7. The van der Waals surface area contributed by atoms with Gasteiger partial charge in [-0.2, -0.15) is 0 Å². The first-order chi connectivity index (χ1) is 20.8. The van der Waals surface area contributed by atoms with Crippen LogP contribution in [0.1, 0.15) is 43.0 Å². The minimum Gasteiger partial charge on any atom is -0.493 e. The summed E-state index contributed by atoms with van der Waals surface area (Å²) < 4.78 is 24.6. The number of nitrogens with zero attached hydrogens (tertiary/aromatic N) is 2. The summed E-state index contributed by atoms with van der Waals surface area (Å²) in [6, 6.07) is 17.8. The minimum atomic E-state index is -0.719. The lowest BCUT2D eigenvalue weighted by Gasteiger charge is -2.26. The number of carbonyl (C=O) groups is 1. The van der Waals surface area contributed by atoms with Crippen LogP contribution < -0.4 is 33.8 Å². The molecular weight excluding hydrogens is 588 g/mol. The molecule has 0 radical (unpaired) electrons. The quantitative estimate of drug-likeness (QED) is 0.234. The van der Waals surface area contributed by atoms with Crippen molar-refractivity contribution in [1.29, 1.82) is 0 Å². The number of allylic oxidation sites excluding steroid dienone is 2. The van der Waals surface area contributed by atoms with Crippen molar-refractivity contribution in [2.24, 2.45) is 4.99 Å². The molecule has 1 aliphatic rings. The second kappa shape index (κ2) is 12.9. The minimum absolute atomic E-state index is 0.0940.